The fourth-order valence-electron chi connectivity index (χ4n) is 1.95. The van der Waals surface area contributed by atoms with Crippen LogP contribution in [0.3, 0.4) is 0 Å². The zero-order valence-corrected chi connectivity index (χ0v) is 12.1. The first-order valence-corrected chi connectivity index (χ1v) is 7.87. The average molecular weight is 357 g/mol. The molecule has 0 saturated carbocycles. The molecule has 1 fully saturated rings. The van der Waals surface area contributed by atoms with Crippen molar-refractivity contribution in [2.45, 2.75) is 31.3 Å². The summed E-state index contributed by atoms with van der Waals surface area (Å²) in [6, 6.07) is 0. The molecule has 1 saturated heterocycles. The number of alkyl halides is 6. The number of piperidine rings is 1. The topological polar surface area (TPSA) is 63.7 Å². The lowest BCUT2D eigenvalue weighted by molar-refractivity contribution is -0.314. The van der Waals surface area contributed by atoms with Gasteiger partial charge in [-0.1, -0.05) is 0 Å². The lowest BCUT2D eigenvalue weighted by Crippen LogP contribution is -2.47. The standard InChI is InChI=1S/C10H13F6NO4S/c1-22(19,20)17-4-2-6(3-5-17)7(18)21-8(9(11,12)13)10(14,15)16/h6,8H,2-5H2,1H3. The third-order valence-electron chi connectivity index (χ3n) is 3.08. The van der Waals surface area contributed by atoms with Crippen molar-refractivity contribution in [3.05, 3.63) is 0 Å². The predicted octanol–water partition coefficient (Wildman–Crippen LogP) is 1.69. The van der Waals surface area contributed by atoms with Crippen molar-refractivity contribution in [3.63, 3.8) is 0 Å². The van der Waals surface area contributed by atoms with E-state index in [1.54, 1.807) is 0 Å². The number of halogens is 6. The van der Waals surface area contributed by atoms with Gasteiger partial charge in [0, 0.05) is 13.1 Å². The maximum Gasteiger partial charge on any atom is 0.434 e. The maximum absolute atomic E-state index is 12.3. The Morgan fingerprint density at radius 2 is 1.50 bits per heavy atom. The summed E-state index contributed by atoms with van der Waals surface area (Å²) in [7, 11) is -3.52. The number of sulfonamides is 1. The van der Waals surface area contributed by atoms with Gasteiger partial charge in [-0.3, -0.25) is 4.79 Å². The van der Waals surface area contributed by atoms with Gasteiger partial charge in [-0.05, 0) is 12.8 Å². The first kappa shape index (κ1) is 19.0. The van der Waals surface area contributed by atoms with Crippen LogP contribution in [0.5, 0.6) is 0 Å². The normalized spacial score (nSPS) is 19.5. The summed E-state index contributed by atoms with van der Waals surface area (Å²) in [6.07, 6.45) is -15.2. The van der Waals surface area contributed by atoms with Gasteiger partial charge in [0.15, 0.2) is 0 Å². The second-order valence-corrected chi connectivity index (χ2v) is 6.82. The Morgan fingerprint density at radius 1 is 1.09 bits per heavy atom. The van der Waals surface area contributed by atoms with Gasteiger partial charge < -0.3 is 4.74 Å². The summed E-state index contributed by atoms with van der Waals surface area (Å²) in [4.78, 5) is 11.5. The number of rotatable bonds is 3. The predicted molar refractivity (Wildman–Crippen MR) is 61.1 cm³/mol. The Morgan fingerprint density at radius 3 is 1.82 bits per heavy atom. The first-order valence-electron chi connectivity index (χ1n) is 6.02. The van der Waals surface area contributed by atoms with E-state index in [9.17, 15) is 39.6 Å². The van der Waals surface area contributed by atoms with Crippen LogP contribution in [0, 0.1) is 5.92 Å². The van der Waals surface area contributed by atoms with Crippen molar-refractivity contribution in [2.75, 3.05) is 19.3 Å². The van der Waals surface area contributed by atoms with Crippen LogP contribution in [0.1, 0.15) is 12.8 Å². The van der Waals surface area contributed by atoms with E-state index < -0.39 is 40.4 Å². The molecule has 22 heavy (non-hydrogen) atoms. The summed E-state index contributed by atoms with van der Waals surface area (Å²) in [5.74, 6) is -2.84. The Bertz CT molecular complexity index is 492. The highest BCUT2D eigenvalue weighted by atomic mass is 32.2. The molecule has 5 nitrogen and oxygen atoms in total. The van der Waals surface area contributed by atoms with Crippen molar-refractivity contribution in [3.8, 4) is 0 Å². The van der Waals surface area contributed by atoms with E-state index in [2.05, 4.69) is 4.74 Å². The highest BCUT2D eigenvalue weighted by molar-refractivity contribution is 7.88. The monoisotopic (exact) mass is 357 g/mol. The number of esters is 1. The molecule has 130 valence electrons. The third kappa shape index (κ3) is 5.00. The number of carbonyl (C=O) groups is 1. The van der Waals surface area contributed by atoms with Crippen molar-refractivity contribution < 1.29 is 44.3 Å². The van der Waals surface area contributed by atoms with Crippen LogP contribution in [0.15, 0.2) is 0 Å². The molecule has 1 aliphatic heterocycles. The quantitative estimate of drug-likeness (QED) is 0.570. The molecular weight excluding hydrogens is 344 g/mol. The Balaban J connectivity index is 2.70. The first-order chi connectivity index (χ1) is 9.73. The molecule has 0 N–H and O–H groups in total. The Hall–Kier alpha value is -1.04. The van der Waals surface area contributed by atoms with Gasteiger partial charge in [0.2, 0.25) is 10.0 Å². The molecule has 12 heteroatoms. The van der Waals surface area contributed by atoms with Crippen molar-refractivity contribution in [2.24, 2.45) is 5.92 Å². The number of hydrogen-bond acceptors (Lipinski definition) is 4. The van der Waals surface area contributed by atoms with E-state index in [0.29, 0.717) is 0 Å². The maximum atomic E-state index is 12.3. The summed E-state index contributed by atoms with van der Waals surface area (Å²) in [5.41, 5.74) is 0. The van der Waals surface area contributed by atoms with Gasteiger partial charge in [-0.25, -0.2) is 12.7 Å². The number of nitrogens with zero attached hydrogens (tertiary/aromatic N) is 1. The van der Waals surface area contributed by atoms with E-state index in [1.807, 2.05) is 0 Å². The van der Waals surface area contributed by atoms with E-state index >= 15 is 0 Å². The fraction of sp³-hybridized carbons (Fsp3) is 0.900. The van der Waals surface area contributed by atoms with Crippen LogP contribution in [0.2, 0.25) is 0 Å². The Kier molecular flexibility index (Phi) is 5.38. The highest BCUT2D eigenvalue weighted by Crippen LogP contribution is 2.36. The minimum atomic E-state index is -5.76. The minimum absolute atomic E-state index is 0.165. The second kappa shape index (κ2) is 6.22. The molecule has 1 heterocycles. The van der Waals surface area contributed by atoms with Crippen LogP contribution >= 0.6 is 0 Å². The van der Waals surface area contributed by atoms with Gasteiger partial charge in [0.05, 0.1) is 12.2 Å². The highest BCUT2D eigenvalue weighted by Gasteiger charge is 2.60. The van der Waals surface area contributed by atoms with Gasteiger partial charge >= 0.3 is 18.3 Å². The van der Waals surface area contributed by atoms with Gasteiger partial charge in [0.25, 0.3) is 6.10 Å². The summed E-state index contributed by atoms with van der Waals surface area (Å²) >= 11 is 0. The van der Waals surface area contributed by atoms with Crippen molar-refractivity contribution in [1.29, 1.82) is 0 Å². The molecule has 0 radical (unpaired) electrons. The molecule has 0 spiro atoms. The largest absolute Gasteiger partial charge is 0.443 e. The molecule has 1 rings (SSSR count). The Labute approximate surface area is 122 Å². The van der Waals surface area contributed by atoms with Crippen LogP contribution in [-0.2, 0) is 19.6 Å². The molecule has 0 aromatic carbocycles. The zero-order chi connectivity index (χ0) is 17.3. The molecule has 0 amide bonds. The summed E-state index contributed by atoms with van der Waals surface area (Å²) in [6.45, 7) is -0.331. The van der Waals surface area contributed by atoms with Crippen LogP contribution in [-0.4, -0.2) is 56.5 Å². The zero-order valence-electron chi connectivity index (χ0n) is 11.2. The summed E-state index contributed by atoms with van der Waals surface area (Å²) in [5, 5.41) is 0. The number of carbonyl (C=O) groups excluding carboxylic acids is 1. The van der Waals surface area contributed by atoms with Gasteiger partial charge in [-0.15, -0.1) is 0 Å². The van der Waals surface area contributed by atoms with Crippen molar-refractivity contribution >= 4 is 16.0 Å². The number of hydrogen-bond donors (Lipinski definition) is 0. The fourth-order valence-corrected chi connectivity index (χ4v) is 2.83. The average Bonchev–Trinajstić information content (AvgIpc) is 2.32. The second-order valence-electron chi connectivity index (χ2n) is 4.84. The van der Waals surface area contributed by atoms with E-state index in [0.717, 1.165) is 10.6 Å². The van der Waals surface area contributed by atoms with E-state index in [-0.39, 0.29) is 25.9 Å². The third-order valence-corrected chi connectivity index (χ3v) is 4.39. The van der Waals surface area contributed by atoms with Crippen LogP contribution in [0.25, 0.3) is 0 Å². The number of ether oxygens (including phenoxy) is 1. The molecule has 0 aliphatic carbocycles. The van der Waals surface area contributed by atoms with Gasteiger partial charge in [-0.2, -0.15) is 26.3 Å². The van der Waals surface area contributed by atoms with Gasteiger partial charge in [0.1, 0.15) is 0 Å². The molecule has 0 bridgehead atoms. The van der Waals surface area contributed by atoms with Crippen molar-refractivity contribution in [1.82, 2.24) is 4.31 Å². The molecule has 0 aromatic heterocycles. The van der Waals surface area contributed by atoms with E-state index in [1.165, 1.54) is 0 Å². The molecular formula is C10H13F6NO4S. The molecule has 1 aliphatic rings. The molecule has 0 unspecified atom stereocenters. The van der Waals surface area contributed by atoms with E-state index in [4.69, 9.17) is 0 Å². The lowest BCUT2D eigenvalue weighted by Gasteiger charge is -2.30. The molecule has 0 atom stereocenters. The van der Waals surface area contributed by atoms with Crippen LogP contribution < -0.4 is 0 Å². The lowest BCUT2D eigenvalue weighted by atomic mass is 9.98. The molecule has 0 aromatic rings. The summed E-state index contributed by atoms with van der Waals surface area (Å²) < 4.78 is 101. The SMILES string of the molecule is CS(=O)(=O)N1CCC(C(=O)OC(C(F)(F)F)C(F)(F)F)CC1. The van der Waals surface area contributed by atoms with Crippen LogP contribution in [0.4, 0.5) is 26.3 Å². The minimum Gasteiger partial charge on any atom is -0.443 e. The smallest absolute Gasteiger partial charge is 0.434 e.